The van der Waals surface area contributed by atoms with Gasteiger partial charge in [-0.1, -0.05) is 30.3 Å². The van der Waals surface area contributed by atoms with Crippen molar-refractivity contribution in [3.63, 3.8) is 0 Å². The number of hydrogen-bond acceptors (Lipinski definition) is 5. The van der Waals surface area contributed by atoms with Crippen LogP contribution in [0.15, 0.2) is 52.9 Å². The Balaban J connectivity index is 2.06. The third kappa shape index (κ3) is 1.91. The van der Waals surface area contributed by atoms with Crippen molar-refractivity contribution < 1.29 is 14.1 Å². The SMILES string of the molecule is CC(=O)n1c2ccccc2c2nc(-c3ccccc3[N+](=O)[O-])oc21. The number of nitro benzene ring substituents is 1. The molecule has 0 aliphatic rings. The third-order valence-corrected chi connectivity index (χ3v) is 3.86. The number of benzene rings is 2. The van der Waals surface area contributed by atoms with Crippen molar-refractivity contribution in [1.82, 2.24) is 9.55 Å². The highest BCUT2D eigenvalue weighted by Crippen LogP contribution is 2.35. The molecule has 4 aromatic rings. The molecular formula is C17H11N3O4. The highest BCUT2D eigenvalue weighted by molar-refractivity contribution is 6.10. The van der Waals surface area contributed by atoms with Crippen molar-refractivity contribution in [2.75, 3.05) is 0 Å². The molecule has 7 heteroatoms. The van der Waals surface area contributed by atoms with Gasteiger partial charge in [0.2, 0.25) is 17.5 Å². The standard InChI is InChI=1S/C17H11N3O4/c1-10(21)19-13-8-4-2-6-11(13)15-17(19)24-16(18-15)12-7-3-5-9-14(12)20(22)23/h2-9H,1H3. The molecule has 0 radical (unpaired) electrons. The minimum atomic E-state index is -0.485. The zero-order valence-corrected chi connectivity index (χ0v) is 12.6. The summed E-state index contributed by atoms with van der Waals surface area (Å²) < 4.78 is 7.18. The molecule has 0 unspecified atom stereocenters. The molecule has 0 saturated heterocycles. The third-order valence-electron chi connectivity index (χ3n) is 3.86. The number of nitrogens with zero attached hydrogens (tertiary/aromatic N) is 3. The smallest absolute Gasteiger partial charge is 0.282 e. The van der Waals surface area contributed by atoms with Gasteiger partial charge in [-0.05, 0) is 12.1 Å². The Labute approximate surface area is 135 Å². The molecule has 0 amide bonds. The normalized spacial score (nSPS) is 11.2. The summed E-state index contributed by atoms with van der Waals surface area (Å²) in [5, 5.41) is 12.0. The molecule has 0 spiro atoms. The Kier molecular flexibility index (Phi) is 2.96. The monoisotopic (exact) mass is 321 g/mol. The maximum absolute atomic E-state index is 12.0. The van der Waals surface area contributed by atoms with Gasteiger partial charge in [0.1, 0.15) is 11.1 Å². The number of fused-ring (bicyclic) bond motifs is 3. The summed E-state index contributed by atoms with van der Waals surface area (Å²) in [7, 11) is 0. The number of hydrogen-bond donors (Lipinski definition) is 0. The van der Waals surface area contributed by atoms with E-state index in [4.69, 9.17) is 4.42 Å². The first-order chi connectivity index (χ1) is 11.6. The Morgan fingerprint density at radius 3 is 2.62 bits per heavy atom. The van der Waals surface area contributed by atoms with E-state index < -0.39 is 4.92 Å². The first-order valence-corrected chi connectivity index (χ1v) is 7.22. The lowest BCUT2D eigenvalue weighted by Gasteiger charge is -2.00. The molecule has 2 aromatic heterocycles. The number of carbonyl (C=O) groups excluding carboxylic acids is 1. The number of rotatable bonds is 2. The zero-order chi connectivity index (χ0) is 16.8. The number of oxazole rings is 1. The lowest BCUT2D eigenvalue weighted by atomic mass is 10.2. The second-order valence-corrected chi connectivity index (χ2v) is 5.32. The minimum absolute atomic E-state index is 0.0971. The predicted octanol–water partition coefficient (Wildman–Crippen LogP) is 4.02. The van der Waals surface area contributed by atoms with Gasteiger partial charge in [0.05, 0.1) is 10.4 Å². The van der Waals surface area contributed by atoms with Gasteiger partial charge in [0.25, 0.3) is 5.69 Å². The van der Waals surface area contributed by atoms with Gasteiger partial charge in [-0.2, -0.15) is 0 Å². The van der Waals surface area contributed by atoms with E-state index in [9.17, 15) is 14.9 Å². The molecule has 7 nitrogen and oxygen atoms in total. The largest absolute Gasteiger partial charge is 0.419 e. The van der Waals surface area contributed by atoms with Gasteiger partial charge in [-0.15, -0.1) is 0 Å². The van der Waals surface area contributed by atoms with E-state index in [1.54, 1.807) is 24.3 Å². The average Bonchev–Trinajstić information content (AvgIpc) is 3.11. The van der Waals surface area contributed by atoms with Crippen LogP contribution in [0.1, 0.15) is 11.7 Å². The van der Waals surface area contributed by atoms with E-state index in [0.717, 1.165) is 5.39 Å². The lowest BCUT2D eigenvalue weighted by Crippen LogP contribution is -2.03. The fourth-order valence-electron chi connectivity index (χ4n) is 2.86. The van der Waals surface area contributed by atoms with Crippen molar-refractivity contribution in [3.8, 4) is 11.5 Å². The lowest BCUT2D eigenvalue weighted by molar-refractivity contribution is -0.384. The first kappa shape index (κ1) is 14.1. The van der Waals surface area contributed by atoms with E-state index in [-0.39, 0.29) is 28.8 Å². The predicted molar refractivity (Wildman–Crippen MR) is 87.9 cm³/mol. The number of nitro groups is 1. The van der Waals surface area contributed by atoms with Crippen LogP contribution in [0.3, 0.4) is 0 Å². The van der Waals surface area contributed by atoms with Crippen LogP contribution in [0.25, 0.3) is 33.6 Å². The number of para-hydroxylation sites is 2. The second-order valence-electron chi connectivity index (χ2n) is 5.32. The Morgan fingerprint density at radius 2 is 1.88 bits per heavy atom. The summed E-state index contributed by atoms with van der Waals surface area (Å²) in [5.41, 5.74) is 1.67. The highest BCUT2D eigenvalue weighted by Gasteiger charge is 2.23. The molecular weight excluding hydrogens is 310 g/mol. The summed E-state index contributed by atoms with van der Waals surface area (Å²) in [6.45, 7) is 1.43. The van der Waals surface area contributed by atoms with Crippen LogP contribution in [0.5, 0.6) is 0 Å². The summed E-state index contributed by atoms with van der Waals surface area (Å²) in [6.07, 6.45) is 0. The van der Waals surface area contributed by atoms with Crippen LogP contribution in [-0.2, 0) is 0 Å². The van der Waals surface area contributed by atoms with Crippen molar-refractivity contribution in [3.05, 3.63) is 58.6 Å². The van der Waals surface area contributed by atoms with E-state index >= 15 is 0 Å². The summed E-state index contributed by atoms with van der Waals surface area (Å²) in [6, 6.07) is 13.5. The molecule has 2 heterocycles. The molecule has 24 heavy (non-hydrogen) atoms. The van der Waals surface area contributed by atoms with Crippen molar-refractivity contribution in [2.24, 2.45) is 0 Å². The van der Waals surface area contributed by atoms with Gasteiger partial charge in [-0.3, -0.25) is 14.9 Å². The average molecular weight is 321 g/mol. The first-order valence-electron chi connectivity index (χ1n) is 7.22. The van der Waals surface area contributed by atoms with Crippen molar-refractivity contribution >= 4 is 33.7 Å². The quantitative estimate of drug-likeness (QED) is 0.411. The fraction of sp³-hybridized carbons (Fsp3) is 0.0588. The van der Waals surface area contributed by atoms with Crippen molar-refractivity contribution in [2.45, 2.75) is 6.92 Å². The molecule has 4 rings (SSSR count). The van der Waals surface area contributed by atoms with E-state index in [2.05, 4.69) is 4.98 Å². The summed E-state index contributed by atoms with van der Waals surface area (Å²) in [5.74, 6) is -0.0977. The fourth-order valence-corrected chi connectivity index (χ4v) is 2.86. The van der Waals surface area contributed by atoms with Gasteiger partial charge in [0, 0.05) is 18.4 Å². The molecule has 2 aromatic carbocycles. The molecule has 118 valence electrons. The van der Waals surface area contributed by atoms with Crippen LogP contribution < -0.4 is 0 Å². The molecule has 0 N–H and O–H groups in total. The van der Waals surface area contributed by atoms with E-state index in [1.165, 1.54) is 17.6 Å². The van der Waals surface area contributed by atoms with Crippen LogP contribution in [-0.4, -0.2) is 20.4 Å². The van der Waals surface area contributed by atoms with Crippen LogP contribution >= 0.6 is 0 Å². The van der Waals surface area contributed by atoms with Crippen LogP contribution in [0.2, 0.25) is 0 Å². The summed E-state index contributed by atoms with van der Waals surface area (Å²) in [4.78, 5) is 27.2. The molecule has 0 aliphatic heterocycles. The molecule has 0 aliphatic carbocycles. The van der Waals surface area contributed by atoms with Gasteiger partial charge in [-0.25, -0.2) is 9.55 Å². The van der Waals surface area contributed by atoms with Crippen LogP contribution in [0, 0.1) is 10.1 Å². The zero-order valence-electron chi connectivity index (χ0n) is 12.6. The molecule has 0 bridgehead atoms. The molecule has 0 saturated carbocycles. The van der Waals surface area contributed by atoms with Gasteiger partial charge >= 0.3 is 0 Å². The maximum Gasteiger partial charge on any atom is 0.282 e. The van der Waals surface area contributed by atoms with Gasteiger partial charge < -0.3 is 4.42 Å². The van der Waals surface area contributed by atoms with E-state index in [0.29, 0.717) is 11.0 Å². The van der Waals surface area contributed by atoms with Gasteiger partial charge in [0.15, 0.2) is 0 Å². The van der Waals surface area contributed by atoms with Crippen molar-refractivity contribution in [1.29, 1.82) is 0 Å². The Hall–Kier alpha value is -3.48. The number of aromatic nitrogens is 2. The number of carbonyl (C=O) groups is 1. The second kappa shape index (κ2) is 5.02. The maximum atomic E-state index is 12.0. The topological polar surface area (TPSA) is 91.2 Å². The molecule has 0 fully saturated rings. The van der Waals surface area contributed by atoms with Crippen LogP contribution in [0.4, 0.5) is 5.69 Å². The summed E-state index contributed by atoms with van der Waals surface area (Å²) >= 11 is 0. The highest BCUT2D eigenvalue weighted by atomic mass is 16.6. The van der Waals surface area contributed by atoms with E-state index in [1.807, 2.05) is 18.2 Å². The Morgan fingerprint density at radius 1 is 1.17 bits per heavy atom. The molecule has 0 atom stereocenters. The Bertz CT molecular complexity index is 1120. The minimum Gasteiger partial charge on any atom is -0.419 e.